The van der Waals surface area contributed by atoms with Crippen LogP contribution < -0.4 is 5.32 Å². The molecule has 4 heteroatoms. The van der Waals surface area contributed by atoms with Crippen molar-refractivity contribution < 1.29 is 9.59 Å². The van der Waals surface area contributed by atoms with E-state index in [1.54, 1.807) is 0 Å². The molecule has 2 aliphatic rings. The molecule has 2 fully saturated rings. The molecule has 1 saturated heterocycles. The van der Waals surface area contributed by atoms with Crippen molar-refractivity contribution in [1.82, 2.24) is 10.2 Å². The zero-order valence-corrected chi connectivity index (χ0v) is 11.9. The van der Waals surface area contributed by atoms with E-state index >= 15 is 0 Å². The standard InChI is InChI=1S/C14H24N2O2/c1-5-13(4)11(17)15-14(8-6-7-9-14)12(18)16(13)10(2)3/h10H,5-9H2,1-4H3,(H,15,17). The van der Waals surface area contributed by atoms with Gasteiger partial charge >= 0.3 is 0 Å². The number of hydrogen-bond donors (Lipinski definition) is 1. The molecule has 1 atom stereocenters. The number of piperazine rings is 1. The molecule has 2 rings (SSSR count). The smallest absolute Gasteiger partial charge is 0.249 e. The predicted octanol–water partition coefficient (Wildman–Crippen LogP) is 1.83. The summed E-state index contributed by atoms with van der Waals surface area (Å²) in [6, 6.07) is 0.0611. The zero-order chi connectivity index (χ0) is 13.6. The van der Waals surface area contributed by atoms with Crippen LogP contribution in [-0.4, -0.2) is 33.8 Å². The van der Waals surface area contributed by atoms with Gasteiger partial charge in [-0.15, -0.1) is 0 Å². The van der Waals surface area contributed by atoms with E-state index in [0.717, 1.165) is 25.7 Å². The van der Waals surface area contributed by atoms with E-state index in [9.17, 15) is 9.59 Å². The summed E-state index contributed by atoms with van der Waals surface area (Å²) >= 11 is 0. The van der Waals surface area contributed by atoms with Gasteiger partial charge in [0.25, 0.3) is 0 Å². The predicted molar refractivity (Wildman–Crippen MR) is 70.0 cm³/mol. The van der Waals surface area contributed by atoms with Crippen LogP contribution in [0.1, 0.15) is 59.8 Å². The molecule has 0 aromatic heterocycles. The van der Waals surface area contributed by atoms with Gasteiger partial charge in [-0.05, 0) is 40.0 Å². The Morgan fingerprint density at radius 2 is 1.83 bits per heavy atom. The minimum Gasteiger partial charge on any atom is -0.340 e. The molecule has 1 N–H and O–H groups in total. The first-order valence-electron chi connectivity index (χ1n) is 7.04. The molecule has 102 valence electrons. The number of hydrogen-bond acceptors (Lipinski definition) is 2. The zero-order valence-electron chi connectivity index (χ0n) is 11.9. The van der Waals surface area contributed by atoms with Crippen molar-refractivity contribution in [1.29, 1.82) is 0 Å². The van der Waals surface area contributed by atoms with Gasteiger partial charge in [-0.2, -0.15) is 0 Å². The van der Waals surface area contributed by atoms with Crippen molar-refractivity contribution in [2.24, 2.45) is 0 Å². The number of rotatable bonds is 2. The lowest BCUT2D eigenvalue weighted by atomic mass is 9.82. The Balaban J connectivity index is 2.42. The summed E-state index contributed by atoms with van der Waals surface area (Å²) in [7, 11) is 0. The maximum atomic E-state index is 12.8. The number of amides is 2. The van der Waals surface area contributed by atoms with Gasteiger partial charge in [-0.3, -0.25) is 9.59 Å². The SMILES string of the molecule is CCC1(C)C(=O)NC2(CCCC2)C(=O)N1C(C)C. The number of carbonyl (C=O) groups is 2. The minimum atomic E-state index is -0.695. The second kappa shape index (κ2) is 4.25. The van der Waals surface area contributed by atoms with Gasteiger partial charge in [0.15, 0.2) is 0 Å². The first-order valence-corrected chi connectivity index (χ1v) is 7.04. The maximum Gasteiger partial charge on any atom is 0.249 e. The molecule has 0 aromatic carbocycles. The van der Waals surface area contributed by atoms with Gasteiger partial charge in [0.1, 0.15) is 11.1 Å². The van der Waals surface area contributed by atoms with Crippen molar-refractivity contribution in [3.05, 3.63) is 0 Å². The molecule has 0 aromatic rings. The van der Waals surface area contributed by atoms with E-state index < -0.39 is 11.1 Å². The Bertz CT molecular complexity index is 372. The second-order valence-corrected chi connectivity index (χ2v) is 6.14. The largest absolute Gasteiger partial charge is 0.340 e. The number of carbonyl (C=O) groups excluding carboxylic acids is 2. The fourth-order valence-electron chi connectivity index (χ4n) is 3.42. The highest BCUT2D eigenvalue weighted by Crippen LogP contribution is 2.39. The van der Waals surface area contributed by atoms with Gasteiger partial charge in [0, 0.05) is 6.04 Å². The van der Waals surface area contributed by atoms with Crippen LogP contribution in [0.3, 0.4) is 0 Å². The van der Waals surface area contributed by atoms with Crippen molar-refractivity contribution in [2.45, 2.75) is 76.9 Å². The molecular weight excluding hydrogens is 228 g/mol. The molecule has 18 heavy (non-hydrogen) atoms. The third-order valence-corrected chi connectivity index (χ3v) is 4.66. The Labute approximate surface area is 109 Å². The molecule has 1 aliphatic carbocycles. The molecule has 1 spiro atoms. The van der Waals surface area contributed by atoms with E-state index in [0.29, 0.717) is 6.42 Å². The summed E-state index contributed by atoms with van der Waals surface area (Å²) in [5.74, 6) is 0.138. The Morgan fingerprint density at radius 3 is 2.28 bits per heavy atom. The lowest BCUT2D eigenvalue weighted by molar-refractivity contribution is -0.165. The summed E-state index contributed by atoms with van der Waals surface area (Å²) < 4.78 is 0. The van der Waals surface area contributed by atoms with Gasteiger partial charge in [-0.25, -0.2) is 0 Å². The highest BCUT2D eigenvalue weighted by molar-refractivity contribution is 6.02. The van der Waals surface area contributed by atoms with Crippen LogP contribution in [0.15, 0.2) is 0 Å². The van der Waals surface area contributed by atoms with E-state index in [4.69, 9.17) is 0 Å². The molecule has 1 heterocycles. The Hall–Kier alpha value is -1.06. The molecule has 2 amide bonds. The van der Waals surface area contributed by atoms with Crippen LogP contribution >= 0.6 is 0 Å². The van der Waals surface area contributed by atoms with Crippen molar-refractivity contribution in [3.63, 3.8) is 0 Å². The number of nitrogens with zero attached hydrogens (tertiary/aromatic N) is 1. The van der Waals surface area contributed by atoms with E-state index in [1.165, 1.54) is 0 Å². The minimum absolute atomic E-state index is 0.0141. The Morgan fingerprint density at radius 1 is 1.28 bits per heavy atom. The van der Waals surface area contributed by atoms with Crippen molar-refractivity contribution in [3.8, 4) is 0 Å². The highest BCUT2D eigenvalue weighted by atomic mass is 16.2. The first kappa shape index (κ1) is 13.4. The third kappa shape index (κ3) is 1.65. The van der Waals surface area contributed by atoms with E-state index in [1.807, 2.05) is 32.6 Å². The van der Waals surface area contributed by atoms with Crippen LogP contribution in [0.5, 0.6) is 0 Å². The fourth-order valence-corrected chi connectivity index (χ4v) is 3.42. The number of nitrogens with one attached hydrogen (secondary N) is 1. The average molecular weight is 252 g/mol. The summed E-state index contributed by atoms with van der Waals surface area (Å²) in [6.45, 7) is 7.83. The first-order chi connectivity index (χ1) is 8.37. The summed E-state index contributed by atoms with van der Waals surface area (Å²) in [6.07, 6.45) is 4.29. The van der Waals surface area contributed by atoms with Crippen LogP contribution in [0, 0.1) is 0 Å². The van der Waals surface area contributed by atoms with Gasteiger partial charge in [-0.1, -0.05) is 19.8 Å². The Kier molecular flexibility index (Phi) is 3.16. The van der Waals surface area contributed by atoms with Crippen LogP contribution in [0.2, 0.25) is 0 Å². The molecule has 4 nitrogen and oxygen atoms in total. The molecule has 0 bridgehead atoms. The lowest BCUT2D eigenvalue weighted by Crippen LogP contribution is -2.75. The van der Waals surface area contributed by atoms with Gasteiger partial charge in [0.05, 0.1) is 0 Å². The topological polar surface area (TPSA) is 49.4 Å². The normalized spacial score (nSPS) is 31.3. The van der Waals surface area contributed by atoms with Crippen LogP contribution in [0.25, 0.3) is 0 Å². The molecule has 1 unspecified atom stereocenters. The molecule has 1 saturated carbocycles. The average Bonchev–Trinajstić information content (AvgIpc) is 2.76. The van der Waals surface area contributed by atoms with Crippen molar-refractivity contribution >= 4 is 11.8 Å². The van der Waals surface area contributed by atoms with Crippen LogP contribution in [-0.2, 0) is 9.59 Å². The summed E-state index contributed by atoms with van der Waals surface area (Å²) in [4.78, 5) is 27.1. The summed E-state index contributed by atoms with van der Waals surface area (Å²) in [5, 5.41) is 3.04. The monoisotopic (exact) mass is 252 g/mol. The van der Waals surface area contributed by atoms with Crippen molar-refractivity contribution in [2.75, 3.05) is 0 Å². The molecular formula is C14H24N2O2. The van der Waals surface area contributed by atoms with E-state index in [-0.39, 0.29) is 17.9 Å². The fraction of sp³-hybridized carbons (Fsp3) is 0.857. The molecule has 1 aliphatic heterocycles. The third-order valence-electron chi connectivity index (χ3n) is 4.66. The highest BCUT2D eigenvalue weighted by Gasteiger charge is 2.57. The summed E-state index contributed by atoms with van der Waals surface area (Å²) in [5.41, 5.74) is -1.30. The van der Waals surface area contributed by atoms with E-state index in [2.05, 4.69) is 5.32 Å². The molecule has 0 radical (unpaired) electrons. The van der Waals surface area contributed by atoms with Gasteiger partial charge < -0.3 is 10.2 Å². The maximum absolute atomic E-state index is 12.8. The van der Waals surface area contributed by atoms with Gasteiger partial charge in [0.2, 0.25) is 11.8 Å². The second-order valence-electron chi connectivity index (χ2n) is 6.14. The lowest BCUT2D eigenvalue weighted by Gasteiger charge is -2.51. The van der Waals surface area contributed by atoms with Crippen LogP contribution in [0.4, 0.5) is 0 Å². The quantitative estimate of drug-likeness (QED) is 0.815.